The van der Waals surface area contributed by atoms with Crippen molar-refractivity contribution in [2.45, 2.75) is 37.4 Å². The molecule has 1 aliphatic heterocycles. The molecule has 0 amide bonds. The Labute approximate surface area is 256 Å². The molecule has 0 radical (unpaired) electrons. The van der Waals surface area contributed by atoms with Gasteiger partial charge in [-0.25, -0.2) is 12.8 Å². The highest BCUT2D eigenvalue weighted by atomic mass is 32.2. The van der Waals surface area contributed by atoms with Crippen LogP contribution in [0.3, 0.4) is 0 Å². The Kier molecular flexibility index (Phi) is 8.31. The van der Waals surface area contributed by atoms with E-state index in [1.165, 1.54) is 69.3 Å². The molecular formula is C37H31FO5S. The van der Waals surface area contributed by atoms with Crippen LogP contribution in [-0.2, 0) is 33.9 Å². The van der Waals surface area contributed by atoms with E-state index in [0.717, 1.165) is 36.8 Å². The fraction of sp³-hybridized carbons (Fsp3) is 0.162. The highest BCUT2D eigenvalue weighted by molar-refractivity contribution is 7.95. The summed E-state index contributed by atoms with van der Waals surface area (Å²) in [5, 5.41) is 8.50. The lowest BCUT2D eigenvalue weighted by molar-refractivity contribution is -0.136. The molecule has 0 fully saturated rings. The third-order valence-electron chi connectivity index (χ3n) is 8.17. The normalized spacial score (nSPS) is 17.2. The Morgan fingerprint density at radius 1 is 0.795 bits per heavy atom. The Bertz CT molecular complexity index is 1900. The van der Waals surface area contributed by atoms with E-state index < -0.39 is 21.1 Å². The molecule has 7 rings (SSSR count). The molecule has 0 saturated carbocycles. The lowest BCUT2D eigenvalue weighted by Crippen LogP contribution is -2.21. The molecule has 44 heavy (non-hydrogen) atoms. The summed E-state index contributed by atoms with van der Waals surface area (Å²) in [6.07, 6.45) is 10.7. The molecule has 4 aromatic rings. The van der Waals surface area contributed by atoms with Gasteiger partial charge in [-0.1, -0.05) is 72.8 Å². The van der Waals surface area contributed by atoms with Gasteiger partial charge in [-0.15, -0.1) is 0 Å². The quantitative estimate of drug-likeness (QED) is 0.248. The van der Waals surface area contributed by atoms with E-state index in [0.29, 0.717) is 5.75 Å². The number of carboxylic acids is 1. The fourth-order valence-corrected chi connectivity index (χ4v) is 7.17. The van der Waals surface area contributed by atoms with Gasteiger partial charge in [0.15, 0.2) is 9.84 Å². The number of benzene rings is 4. The first-order valence-electron chi connectivity index (χ1n) is 14.5. The zero-order chi connectivity index (χ0) is 30.7. The molecule has 7 heteroatoms. The number of hydrogen-bond acceptors (Lipinski definition) is 4. The van der Waals surface area contributed by atoms with Crippen molar-refractivity contribution in [2.24, 2.45) is 0 Å². The van der Waals surface area contributed by atoms with Gasteiger partial charge in [0, 0.05) is 5.41 Å². The zero-order valence-electron chi connectivity index (χ0n) is 23.9. The molecule has 1 heterocycles. The average molecular weight is 607 g/mol. The summed E-state index contributed by atoms with van der Waals surface area (Å²) in [5.41, 5.74) is 11.3. The Morgan fingerprint density at radius 2 is 1.50 bits per heavy atom. The van der Waals surface area contributed by atoms with Crippen LogP contribution in [0.5, 0.6) is 11.5 Å². The number of carbonyl (C=O) groups is 1. The smallest absolute Gasteiger partial charge is 0.305 e. The van der Waals surface area contributed by atoms with Crippen molar-refractivity contribution in [3.63, 3.8) is 0 Å². The van der Waals surface area contributed by atoms with Crippen molar-refractivity contribution in [3.8, 4) is 22.6 Å². The van der Waals surface area contributed by atoms with Crippen LogP contribution in [0.1, 0.15) is 40.7 Å². The van der Waals surface area contributed by atoms with Crippen molar-refractivity contribution >= 4 is 27.5 Å². The highest BCUT2D eigenvalue weighted by Gasteiger charge is 2.24. The minimum atomic E-state index is -3.37. The van der Waals surface area contributed by atoms with Crippen LogP contribution in [-0.4, -0.2) is 24.7 Å². The van der Waals surface area contributed by atoms with Crippen LogP contribution in [0.4, 0.5) is 4.39 Å². The molecular weight excluding hydrogens is 575 g/mol. The molecule has 0 aromatic heterocycles. The topological polar surface area (TPSA) is 80.7 Å². The maximum atomic E-state index is 13.1. The molecule has 0 spiro atoms. The molecule has 1 N–H and O–H groups in total. The van der Waals surface area contributed by atoms with E-state index >= 15 is 0 Å². The van der Waals surface area contributed by atoms with Gasteiger partial charge in [-0.3, -0.25) is 4.79 Å². The molecule has 0 bridgehead atoms. The van der Waals surface area contributed by atoms with E-state index in [4.69, 9.17) is 9.84 Å². The van der Waals surface area contributed by atoms with Crippen LogP contribution in [0.25, 0.3) is 22.8 Å². The lowest BCUT2D eigenvalue weighted by atomic mass is 9.78. The summed E-state index contributed by atoms with van der Waals surface area (Å²) in [6.45, 7) is 0. The molecule has 0 saturated heterocycles. The maximum absolute atomic E-state index is 13.1. The number of halogens is 1. The summed E-state index contributed by atoms with van der Waals surface area (Å²) >= 11 is 0. The summed E-state index contributed by atoms with van der Waals surface area (Å²) < 4.78 is 41.2. The molecule has 1 unspecified atom stereocenters. The number of sulfone groups is 1. The van der Waals surface area contributed by atoms with Gasteiger partial charge in [0.05, 0.1) is 11.7 Å². The van der Waals surface area contributed by atoms with Crippen molar-refractivity contribution in [3.05, 3.63) is 142 Å². The van der Waals surface area contributed by atoms with Crippen LogP contribution in [0, 0.1) is 5.82 Å². The van der Waals surface area contributed by atoms with Crippen molar-refractivity contribution in [1.82, 2.24) is 0 Å². The number of allylic oxidation sites excluding steroid dienone is 3. The molecule has 4 aromatic carbocycles. The number of carboxylic acid groups (broad SMARTS) is 1. The number of aryl methyl sites for hydroxylation is 1. The van der Waals surface area contributed by atoms with Crippen LogP contribution >= 0.6 is 0 Å². The minimum absolute atomic E-state index is 0.261. The molecule has 5 nitrogen and oxygen atoms in total. The van der Waals surface area contributed by atoms with Gasteiger partial charge >= 0.3 is 5.97 Å². The van der Waals surface area contributed by atoms with E-state index in [2.05, 4.69) is 54.6 Å². The monoisotopic (exact) mass is 606 g/mol. The predicted molar refractivity (Wildman–Crippen MR) is 172 cm³/mol. The maximum Gasteiger partial charge on any atom is 0.305 e. The SMILES string of the molecule is Fc1ccc(Oc2ccc(C3=Cc4ccc5c(c4CC3)CCc3ccccc3-5)cc2)cc1.O=C(O)CC1C=CC=CS1(=O)=O. The average Bonchev–Trinajstić information content (AvgIpc) is 3.03. The summed E-state index contributed by atoms with van der Waals surface area (Å²) in [4.78, 5) is 10.2. The first-order valence-corrected chi connectivity index (χ1v) is 16.2. The summed E-state index contributed by atoms with van der Waals surface area (Å²) in [7, 11) is -3.37. The second-order valence-electron chi connectivity index (χ2n) is 11.0. The highest BCUT2D eigenvalue weighted by Crippen LogP contribution is 2.40. The summed E-state index contributed by atoms with van der Waals surface area (Å²) in [6, 6.07) is 27.7. The number of fused-ring (bicyclic) bond motifs is 5. The van der Waals surface area contributed by atoms with Gasteiger partial charge in [0.25, 0.3) is 0 Å². The lowest BCUT2D eigenvalue weighted by Gasteiger charge is -2.26. The second kappa shape index (κ2) is 12.5. The zero-order valence-corrected chi connectivity index (χ0v) is 24.8. The van der Waals surface area contributed by atoms with Crippen molar-refractivity contribution < 1.29 is 27.4 Å². The Hall–Kier alpha value is -4.75. The van der Waals surface area contributed by atoms with E-state index in [1.54, 1.807) is 17.7 Å². The van der Waals surface area contributed by atoms with E-state index in [9.17, 15) is 17.6 Å². The standard InChI is InChI=1S/C30H23FO.C7H8O4S/c31-24-10-14-26(15-11-24)32-25-12-5-20(6-13-25)22-8-16-28-23(19-22)9-18-29-27-4-2-1-3-21(27)7-17-30(28)29;8-7(9)5-6-3-1-2-4-12(6,10)11/h1-6,9-15,18-19H,7-8,16-17H2;1-4,6H,5H2,(H,8,9). The third kappa shape index (κ3) is 6.43. The first-order chi connectivity index (χ1) is 21.3. The largest absolute Gasteiger partial charge is 0.481 e. The number of ether oxygens (including phenoxy) is 1. The van der Waals surface area contributed by atoms with E-state index in [1.807, 2.05) is 12.1 Å². The van der Waals surface area contributed by atoms with E-state index in [-0.39, 0.29) is 12.2 Å². The fourth-order valence-electron chi connectivity index (χ4n) is 5.97. The number of rotatable bonds is 5. The first kappa shape index (κ1) is 29.3. The molecule has 2 aliphatic carbocycles. The van der Waals surface area contributed by atoms with Gasteiger partial charge in [-0.2, -0.15) is 0 Å². The van der Waals surface area contributed by atoms with Crippen molar-refractivity contribution in [2.75, 3.05) is 0 Å². The van der Waals surface area contributed by atoms with Gasteiger partial charge < -0.3 is 9.84 Å². The minimum Gasteiger partial charge on any atom is -0.481 e. The third-order valence-corrected chi connectivity index (χ3v) is 9.87. The predicted octanol–water partition coefficient (Wildman–Crippen LogP) is 8.20. The number of aliphatic carboxylic acids is 1. The van der Waals surface area contributed by atoms with Gasteiger partial charge in [0.1, 0.15) is 17.3 Å². The number of hydrogen-bond donors (Lipinski definition) is 1. The van der Waals surface area contributed by atoms with Gasteiger partial charge in [-0.05, 0) is 107 Å². The van der Waals surface area contributed by atoms with Gasteiger partial charge in [0.2, 0.25) is 0 Å². The Morgan fingerprint density at radius 3 is 2.23 bits per heavy atom. The van der Waals surface area contributed by atoms with Crippen molar-refractivity contribution in [1.29, 1.82) is 0 Å². The molecule has 222 valence electrons. The second-order valence-corrected chi connectivity index (χ2v) is 13.1. The molecule has 1 atom stereocenters. The molecule has 3 aliphatic rings. The van der Waals surface area contributed by atoms with Crippen LogP contribution in [0.15, 0.2) is 109 Å². The van der Waals surface area contributed by atoms with Crippen LogP contribution < -0.4 is 4.74 Å². The van der Waals surface area contributed by atoms with Crippen LogP contribution in [0.2, 0.25) is 0 Å². The Balaban J connectivity index is 0.000000242. The summed E-state index contributed by atoms with van der Waals surface area (Å²) in [5.74, 6) is 0.0208.